The van der Waals surface area contributed by atoms with Gasteiger partial charge in [0.05, 0.1) is 6.61 Å². The molecule has 1 saturated heterocycles. The van der Waals surface area contributed by atoms with Crippen molar-refractivity contribution in [1.29, 1.82) is 0 Å². The second-order valence-corrected chi connectivity index (χ2v) is 3.98. The lowest BCUT2D eigenvalue weighted by Crippen LogP contribution is -2.59. The van der Waals surface area contributed by atoms with Crippen molar-refractivity contribution in [3.05, 3.63) is 12.7 Å². The van der Waals surface area contributed by atoms with Gasteiger partial charge in [0.2, 0.25) is 0 Å². The quantitative estimate of drug-likeness (QED) is 0.311. The Morgan fingerprint density at radius 2 is 1.95 bits per heavy atom. The SMILES string of the molecule is C=CCOC(=O)CO[C@H]1O[C@H](CO)[C@@H](O)[C@H](O)[C@H]1O. The Hall–Kier alpha value is -1.03. The summed E-state index contributed by atoms with van der Waals surface area (Å²) >= 11 is 0. The molecule has 0 aromatic heterocycles. The lowest BCUT2D eigenvalue weighted by Gasteiger charge is -2.39. The summed E-state index contributed by atoms with van der Waals surface area (Å²) in [7, 11) is 0. The van der Waals surface area contributed by atoms with Crippen LogP contribution >= 0.6 is 0 Å². The normalized spacial score (nSPS) is 34.8. The van der Waals surface area contributed by atoms with Crippen molar-refractivity contribution in [2.45, 2.75) is 30.7 Å². The maximum atomic E-state index is 11.2. The third-order valence-corrected chi connectivity index (χ3v) is 2.58. The van der Waals surface area contributed by atoms with Gasteiger partial charge in [-0.05, 0) is 0 Å². The average Bonchev–Trinajstić information content (AvgIpc) is 2.41. The minimum absolute atomic E-state index is 0.0247. The van der Waals surface area contributed by atoms with E-state index >= 15 is 0 Å². The van der Waals surface area contributed by atoms with Gasteiger partial charge in [-0.1, -0.05) is 12.7 Å². The third-order valence-electron chi connectivity index (χ3n) is 2.58. The summed E-state index contributed by atoms with van der Waals surface area (Å²) in [5.74, 6) is -0.697. The summed E-state index contributed by atoms with van der Waals surface area (Å²) in [5.41, 5.74) is 0. The molecule has 0 aromatic carbocycles. The van der Waals surface area contributed by atoms with Crippen LogP contribution in [-0.2, 0) is 19.0 Å². The molecule has 0 bridgehead atoms. The van der Waals surface area contributed by atoms with E-state index in [2.05, 4.69) is 11.3 Å². The zero-order valence-corrected chi connectivity index (χ0v) is 10.2. The van der Waals surface area contributed by atoms with Gasteiger partial charge in [0.15, 0.2) is 6.29 Å². The number of carbonyl (C=O) groups excluding carboxylic acids is 1. The fourth-order valence-electron chi connectivity index (χ4n) is 1.55. The van der Waals surface area contributed by atoms with Gasteiger partial charge in [-0.15, -0.1) is 0 Å². The molecule has 0 unspecified atom stereocenters. The minimum Gasteiger partial charge on any atom is -0.460 e. The maximum Gasteiger partial charge on any atom is 0.332 e. The summed E-state index contributed by atoms with van der Waals surface area (Å²) in [4.78, 5) is 11.2. The number of aliphatic hydroxyl groups is 4. The lowest BCUT2D eigenvalue weighted by molar-refractivity contribution is -0.300. The molecule has 0 radical (unpaired) electrons. The van der Waals surface area contributed by atoms with E-state index in [9.17, 15) is 20.1 Å². The van der Waals surface area contributed by atoms with Crippen molar-refractivity contribution in [1.82, 2.24) is 0 Å². The third kappa shape index (κ3) is 4.23. The summed E-state index contributed by atoms with van der Waals surface area (Å²) < 4.78 is 14.6. The predicted molar refractivity (Wildman–Crippen MR) is 60.9 cm³/mol. The van der Waals surface area contributed by atoms with Gasteiger partial charge in [0.25, 0.3) is 0 Å². The zero-order chi connectivity index (χ0) is 14.4. The van der Waals surface area contributed by atoms with E-state index in [1.165, 1.54) is 6.08 Å². The first-order chi connectivity index (χ1) is 9.01. The molecule has 5 atom stereocenters. The van der Waals surface area contributed by atoms with Crippen molar-refractivity contribution >= 4 is 5.97 Å². The lowest BCUT2D eigenvalue weighted by atomic mass is 9.99. The molecule has 1 rings (SSSR count). The van der Waals surface area contributed by atoms with Crippen LogP contribution in [-0.4, -0.2) is 76.9 Å². The standard InChI is InChI=1S/C11H18O8/c1-2-3-17-7(13)5-18-11-10(16)9(15)8(14)6(4-12)19-11/h2,6,8-12,14-16H,1,3-5H2/t6-,8-,9+,10-,11+/m1/s1. The number of esters is 1. The number of hydrogen-bond donors (Lipinski definition) is 4. The highest BCUT2D eigenvalue weighted by atomic mass is 16.7. The number of aliphatic hydroxyl groups excluding tert-OH is 4. The Morgan fingerprint density at radius 1 is 1.26 bits per heavy atom. The van der Waals surface area contributed by atoms with Crippen molar-refractivity contribution < 1.29 is 39.4 Å². The van der Waals surface area contributed by atoms with E-state index in [4.69, 9.17) is 14.6 Å². The highest BCUT2D eigenvalue weighted by Gasteiger charge is 2.44. The van der Waals surface area contributed by atoms with Crippen LogP contribution in [0.2, 0.25) is 0 Å². The van der Waals surface area contributed by atoms with Crippen molar-refractivity contribution in [2.24, 2.45) is 0 Å². The molecule has 0 aliphatic carbocycles. The second kappa shape index (κ2) is 7.53. The molecule has 19 heavy (non-hydrogen) atoms. The second-order valence-electron chi connectivity index (χ2n) is 3.98. The first-order valence-electron chi connectivity index (χ1n) is 5.70. The first kappa shape index (κ1) is 16.0. The van der Waals surface area contributed by atoms with Crippen LogP contribution in [0.25, 0.3) is 0 Å². The fraction of sp³-hybridized carbons (Fsp3) is 0.727. The maximum absolute atomic E-state index is 11.2. The van der Waals surface area contributed by atoms with Crippen molar-refractivity contribution in [3.8, 4) is 0 Å². The molecular weight excluding hydrogens is 260 g/mol. The van der Waals surface area contributed by atoms with Gasteiger partial charge in [-0.2, -0.15) is 0 Å². The van der Waals surface area contributed by atoms with Gasteiger partial charge in [-0.3, -0.25) is 0 Å². The molecule has 8 nitrogen and oxygen atoms in total. The number of rotatable bonds is 6. The number of ether oxygens (including phenoxy) is 3. The van der Waals surface area contributed by atoms with Gasteiger partial charge >= 0.3 is 5.97 Å². The summed E-state index contributed by atoms with van der Waals surface area (Å²) in [6, 6.07) is 0. The molecule has 0 spiro atoms. The molecule has 4 N–H and O–H groups in total. The Bertz CT molecular complexity index is 305. The average molecular weight is 278 g/mol. The first-order valence-corrected chi connectivity index (χ1v) is 5.70. The van der Waals surface area contributed by atoms with Crippen LogP contribution < -0.4 is 0 Å². The molecule has 1 heterocycles. The number of carbonyl (C=O) groups is 1. The molecular formula is C11H18O8. The Kier molecular flexibility index (Phi) is 6.35. The van der Waals surface area contributed by atoms with Crippen LogP contribution in [0.15, 0.2) is 12.7 Å². The van der Waals surface area contributed by atoms with Crippen LogP contribution in [0.1, 0.15) is 0 Å². The summed E-state index contributed by atoms with van der Waals surface area (Å²) in [5, 5.41) is 37.5. The molecule has 1 aliphatic heterocycles. The Morgan fingerprint density at radius 3 is 2.53 bits per heavy atom. The minimum atomic E-state index is -1.54. The van der Waals surface area contributed by atoms with Gasteiger partial charge < -0.3 is 34.6 Å². The Labute approximate surface area is 109 Å². The molecule has 1 fully saturated rings. The van der Waals surface area contributed by atoms with Gasteiger partial charge in [0, 0.05) is 0 Å². The molecule has 8 heteroatoms. The fourth-order valence-corrected chi connectivity index (χ4v) is 1.55. The van der Waals surface area contributed by atoms with E-state index in [0.29, 0.717) is 0 Å². The van der Waals surface area contributed by atoms with E-state index < -0.39 is 49.9 Å². The zero-order valence-electron chi connectivity index (χ0n) is 10.2. The predicted octanol–water partition coefficient (Wildman–Crippen LogP) is -2.47. The largest absolute Gasteiger partial charge is 0.460 e. The highest BCUT2D eigenvalue weighted by molar-refractivity contribution is 5.70. The van der Waals surface area contributed by atoms with Gasteiger partial charge in [-0.25, -0.2) is 4.79 Å². The van der Waals surface area contributed by atoms with Crippen molar-refractivity contribution in [2.75, 3.05) is 19.8 Å². The summed E-state index contributed by atoms with van der Waals surface area (Å²) in [6.07, 6.45) is -5.58. The topological polar surface area (TPSA) is 126 Å². The number of hydrogen-bond acceptors (Lipinski definition) is 8. The monoisotopic (exact) mass is 278 g/mol. The van der Waals surface area contributed by atoms with E-state index in [1.807, 2.05) is 0 Å². The Balaban J connectivity index is 2.48. The summed E-state index contributed by atoms with van der Waals surface area (Å²) in [6.45, 7) is 2.32. The van der Waals surface area contributed by atoms with Gasteiger partial charge in [0.1, 0.15) is 37.6 Å². The van der Waals surface area contributed by atoms with Crippen LogP contribution in [0.3, 0.4) is 0 Å². The van der Waals surface area contributed by atoms with E-state index in [0.717, 1.165) is 0 Å². The van der Waals surface area contributed by atoms with Crippen LogP contribution in [0, 0.1) is 0 Å². The van der Waals surface area contributed by atoms with Crippen LogP contribution in [0.4, 0.5) is 0 Å². The molecule has 0 saturated carbocycles. The van der Waals surface area contributed by atoms with Crippen molar-refractivity contribution in [3.63, 3.8) is 0 Å². The highest BCUT2D eigenvalue weighted by Crippen LogP contribution is 2.21. The molecule has 0 aromatic rings. The van der Waals surface area contributed by atoms with E-state index in [1.54, 1.807) is 0 Å². The van der Waals surface area contributed by atoms with Crippen LogP contribution in [0.5, 0.6) is 0 Å². The smallest absolute Gasteiger partial charge is 0.332 e. The molecule has 110 valence electrons. The van der Waals surface area contributed by atoms with E-state index in [-0.39, 0.29) is 6.61 Å². The molecule has 0 amide bonds. The molecule has 1 aliphatic rings.